The lowest BCUT2D eigenvalue weighted by atomic mass is 10.1. The SMILES string of the molecule is Cc1cc(C)c(C)c(OCC(=O)ON=C(N)c2ccc(Cl)cc2)c1. The summed E-state index contributed by atoms with van der Waals surface area (Å²) in [5.41, 5.74) is 9.51. The number of carbonyl (C=O) groups is 1. The highest BCUT2D eigenvalue weighted by Gasteiger charge is 2.09. The van der Waals surface area contributed by atoms with Gasteiger partial charge in [0, 0.05) is 10.6 Å². The molecule has 0 saturated heterocycles. The molecule has 2 rings (SSSR count). The van der Waals surface area contributed by atoms with Crippen LogP contribution in [0.3, 0.4) is 0 Å². The molecule has 126 valence electrons. The number of nitrogens with two attached hydrogens (primary N) is 1. The quantitative estimate of drug-likeness (QED) is 0.389. The number of benzene rings is 2. The molecule has 0 aromatic heterocycles. The molecule has 2 N–H and O–H groups in total. The Bertz CT molecular complexity index is 771. The predicted molar refractivity (Wildman–Crippen MR) is 94.4 cm³/mol. The zero-order valence-electron chi connectivity index (χ0n) is 13.8. The van der Waals surface area contributed by atoms with E-state index in [0.29, 0.717) is 16.3 Å². The molecule has 0 spiro atoms. The lowest BCUT2D eigenvalue weighted by molar-refractivity contribution is -0.146. The van der Waals surface area contributed by atoms with E-state index in [-0.39, 0.29) is 12.4 Å². The Kier molecular flexibility index (Phi) is 5.82. The summed E-state index contributed by atoms with van der Waals surface area (Å²) in [5, 5.41) is 4.20. The Morgan fingerprint density at radius 1 is 1.17 bits per heavy atom. The van der Waals surface area contributed by atoms with Gasteiger partial charge in [0.15, 0.2) is 12.4 Å². The maximum atomic E-state index is 11.8. The first kappa shape index (κ1) is 17.8. The van der Waals surface area contributed by atoms with Crippen LogP contribution in [-0.2, 0) is 9.63 Å². The van der Waals surface area contributed by atoms with Crippen molar-refractivity contribution in [1.82, 2.24) is 0 Å². The van der Waals surface area contributed by atoms with Crippen LogP contribution in [0.25, 0.3) is 0 Å². The topological polar surface area (TPSA) is 73.9 Å². The highest BCUT2D eigenvalue weighted by Crippen LogP contribution is 2.23. The second-order valence-electron chi connectivity index (χ2n) is 5.44. The molecule has 5 nitrogen and oxygen atoms in total. The van der Waals surface area contributed by atoms with Crippen LogP contribution in [0, 0.1) is 20.8 Å². The molecule has 0 atom stereocenters. The van der Waals surface area contributed by atoms with E-state index in [1.165, 1.54) is 0 Å². The summed E-state index contributed by atoms with van der Waals surface area (Å²) in [6.07, 6.45) is 0. The number of rotatable bonds is 5. The minimum Gasteiger partial charge on any atom is -0.482 e. The van der Waals surface area contributed by atoms with Crippen LogP contribution in [0.5, 0.6) is 5.75 Å². The number of hydrogen-bond acceptors (Lipinski definition) is 4. The molecule has 24 heavy (non-hydrogen) atoms. The van der Waals surface area contributed by atoms with Crippen LogP contribution in [0.4, 0.5) is 0 Å². The van der Waals surface area contributed by atoms with Crippen molar-refractivity contribution in [3.8, 4) is 5.75 Å². The van der Waals surface area contributed by atoms with Crippen molar-refractivity contribution >= 4 is 23.4 Å². The number of nitrogens with zero attached hydrogens (tertiary/aromatic N) is 1. The Balaban J connectivity index is 1.94. The maximum Gasteiger partial charge on any atom is 0.372 e. The first-order valence-electron chi connectivity index (χ1n) is 7.36. The minimum absolute atomic E-state index is 0.0857. The lowest BCUT2D eigenvalue weighted by Gasteiger charge is -2.11. The Morgan fingerprint density at radius 3 is 2.50 bits per heavy atom. The zero-order valence-corrected chi connectivity index (χ0v) is 14.6. The van der Waals surface area contributed by atoms with E-state index in [1.807, 2.05) is 26.8 Å². The molecule has 0 aliphatic carbocycles. The molecule has 6 heteroatoms. The highest BCUT2D eigenvalue weighted by atomic mass is 35.5. The predicted octanol–water partition coefficient (Wildman–Crippen LogP) is 3.51. The third-order valence-corrected chi connectivity index (χ3v) is 3.75. The molecular weight excluding hydrogens is 328 g/mol. The Hall–Kier alpha value is -2.53. The first-order valence-corrected chi connectivity index (χ1v) is 7.74. The zero-order chi connectivity index (χ0) is 17.7. The number of halogens is 1. The fraction of sp³-hybridized carbons (Fsp3) is 0.222. The van der Waals surface area contributed by atoms with Crippen molar-refractivity contribution in [3.05, 3.63) is 63.7 Å². The van der Waals surface area contributed by atoms with Gasteiger partial charge < -0.3 is 15.3 Å². The van der Waals surface area contributed by atoms with Crippen LogP contribution < -0.4 is 10.5 Å². The smallest absolute Gasteiger partial charge is 0.372 e. The second-order valence-corrected chi connectivity index (χ2v) is 5.88. The second kappa shape index (κ2) is 7.84. The van der Waals surface area contributed by atoms with E-state index < -0.39 is 5.97 Å². The standard InChI is InChI=1S/C18H19ClN2O3/c1-11-8-12(2)13(3)16(9-11)23-10-17(22)24-21-18(20)14-4-6-15(19)7-5-14/h4-9H,10H2,1-3H3,(H2,20,21). The Morgan fingerprint density at radius 2 is 1.83 bits per heavy atom. The third-order valence-electron chi connectivity index (χ3n) is 3.50. The summed E-state index contributed by atoms with van der Waals surface area (Å²) in [6, 6.07) is 10.6. The molecule has 2 aromatic carbocycles. The van der Waals surface area contributed by atoms with Gasteiger partial charge in [-0.1, -0.05) is 22.8 Å². The molecular formula is C18H19ClN2O3. The number of carbonyl (C=O) groups excluding carboxylic acids is 1. The monoisotopic (exact) mass is 346 g/mol. The van der Waals surface area contributed by atoms with Gasteiger partial charge in [-0.2, -0.15) is 0 Å². The number of ether oxygens (including phenoxy) is 1. The summed E-state index contributed by atoms with van der Waals surface area (Å²) >= 11 is 5.80. The fourth-order valence-corrected chi connectivity index (χ4v) is 2.21. The van der Waals surface area contributed by atoms with Gasteiger partial charge in [-0.15, -0.1) is 0 Å². The van der Waals surface area contributed by atoms with Crippen molar-refractivity contribution in [1.29, 1.82) is 0 Å². The van der Waals surface area contributed by atoms with Gasteiger partial charge in [0.2, 0.25) is 0 Å². The van der Waals surface area contributed by atoms with Crippen LogP contribution in [0.15, 0.2) is 41.6 Å². The van der Waals surface area contributed by atoms with Gasteiger partial charge in [0.05, 0.1) is 0 Å². The third kappa shape index (κ3) is 4.73. The van der Waals surface area contributed by atoms with E-state index in [4.69, 9.17) is 26.9 Å². The lowest BCUT2D eigenvalue weighted by Crippen LogP contribution is -2.18. The summed E-state index contributed by atoms with van der Waals surface area (Å²) in [7, 11) is 0. The van der Waals surface area contributed by atoms with E-state index in [0.717, 1.165) is 16.7 Å². The normalized spacial score (nSPS) is 11.2. The number of aryl methyl sites for hydroxylation is 2. The summed E-state index contributed by atoms with van der Waals surface area (Å²) in [6.45, 7) is 5.65. The minimum atomic E-state index is -0.634. The van der Waals surface area contributed by atoms with E-state index in [2.05, 4.69) is 11.2 Å². The Labute approximate surface area is 146 Å². The van der Waals surface area contributed by atoms with Crippen molar-refractivity contribution in [2.45, 2.75) is 20.8 Å². The molecule has 0 saturated carbocycles. The molecule has 0 aliphatic heterocycles. The fourth-order valence-electron chi connectivity index (χ4n) is 2.09. The number of hydrogen-bond donors (Lipinski definition) is 1. The van der Waals surface area contributed by atoms with Crippen molar-refractivity contribution in [2.24, 2.45) is 10.9 Å². The van der Waals surface area contributed by atoms with Crippen LogP contribution in [-0.4, -0.2) is 18.4 Å². The molecule has 0 bridgehead atoms. The molecule has 0 fully saturated rings. The molecule has 2 aromatic rings. The maximum absolute atomic E-state index is 11.8. The van der Waals surface area contributed by atoms with E-state index >= 15 is 0 Å². The first-order chi connectivity index (χ1) is 11.4. The summed E-state index contributed by atoms with van der Waals surface area (Å²) in [4.78, 5) is 16.5. The summed E-state index contributed by atoms with van der Waals surface area (Å²) < 4.78 is 5.51. The largest absolute Gasteiger partial charge is 0.482 e. The van der Waals surface area contributed by atoms with Gasteiger partial charge in [-0.25, -0.2) is 4.79 Å². The van der Waals surface area contributed by atoms with Crippen LogP contribution >= 0.6 is 11.6 Å². The summed E-state index contributed by atoms with van der Waals surface area (Å²) in [5.74, 6) is 0.104. The van der Waals surface area contributed by atoms with Crippen molar-refractivity contribution in [2.75, 3.05) is 6.61 Å². The van der Waals surface area contributed by atoms with Crippen LogP contribution in [0.2, 0.25) is 5.02 Å². The molecule has 0 amide bonds. The molecule has 0 unspecified atom stereocenters. The van der Waals surface area contributed by atoms with Gasteiger partial charge in [0.25, 0.3) is 0 Å². The van der Waals surface area contributed by atoms with Crippen LogP contribution in [0.1, 0.15) is 22.3 Å². The van der Waals surface area contributed by atoms with Gasteiger partial charge >= 0.3 is 5.97 Å². The van der Waals surface area contributed by atoms with E-state index in [1.54, 1.807) is 24.3 Å². The van der Waals surface area contributed by atoms with Gasteiger partial charge in [-0.05, 0) is 67.8 Å². The van der Waals surface area contributed by atoms with Gasteiger partial charge in [-0.3, -0.25) is 0 Å². The molecule has 0 heterocycles. The van der Waals surface area contributed by atoms with Crippen molar-refractivity contribution in [3.63, 3.8) is 0 Å². The van der Waals surface area contributed by atoms with Crippen molar-refractivity contribution < 1.29 is 14.4 Å². The average Bonchev–Trinajstić information content (AvgIpc) is 2.55. The number of amidine groups is 1. The molecule has 0 radical (unpaired) electrons. The average molecular weight is 347 g/mol. The molecule has 0 aliphatic rings. The highest BCUT2D eigenvalue weighted by molar-refractivity contribution is 6.30. The van der Waals surface area contributed by atoms with E-state index in [9.17, 15) is 4.79 Å². The number of oxime groups is 1. The van der Waals surface area contributed by atoms with Gasteiger partial charge in [0.1, 0.15) is 5.75 Å².